The van der Waals surface area contributed by atoms with Crippen LogP contribution in [0.15, 0.2) is 6.07 Å². The third kappa shape index (κ3) is 3.88. The van der Waals surface area contributed by atoms with E-state index in [0.29, 0.717) is 19.0 Å². The number of hydrogen-bond acceptors (Lipinski definition) is 6. The highest BCUT2D eigenvalue weighted by Crippen LogP contribution is 2.18. The van der Waals surface area contributed by atoms with Crippen molar-refractivity contribution in [2.24, 2.45) is 0 Å². The smallest absolute Gasteiger partial charge is 0.410 e. The van der Waals surface area contributed by atoms with Gasteiger partial charge in [-0.3, -0.25) is 9.69 Å². The van der Waals surface area contributed by atoms with E-state index < -0.39 is 6.09 Å². The Morgan fingerprint density at radius 2 is 2.09 bits per heavy atom. The van der Waals surface area contributed by atoms with Crippen molar-refractivity contribution < 1.29 is 14.3 Å². The Morgan fingerprint density at radius 3 is 2.78 bits per heavy atom. The lowest BCUT2D eigenvalue weighted by atomic mass is 10.3. The average Bonchev–Trinajstić information content (AvgIpc) is 3.17. The molecule has 8 nitrogen and oxygen atoms in total. The zero-order chi connectivity index (χ0) is 16.2. The number of anilines is 1. The maximum Gasteiger partial charge on any atom is 0.410 e. The number of hydrogen-bond donors (Lipinski definition) is 1. The van der Waals surface area contributed by atoms with E-state index in [0.717, 1.165) is 24.6 Å². The van der Waals surface area contributed by atoms with Gasteiger partial charge in [-0.1, -0.05) is 0 Å². The van der Waals surface area contributed by atoms with E-state index >= 15 is 0 Å². The van der Waals surface area contributed by atoms with Crippen molar-refractivity contribution in [1.29, 1.82) is 0 Å². The van der Waals surface area contributed by atoms with Gasteiger partial charge in [0.05, 0.1) is 13.1 Å². The number of nitrogens with one attached hydrogen (secondary N) is 1. The molecule has 2 fully saturated rings. The topological polar surface area (TPSA) is 87.7 Å². The molecule has 2 amide bonds. The Balaban J connectivity index is 1.57. The molecule has 2 aliphatic heterocycles. The van der Waals surface area contributed by atoms with Crippen molar-refractivity contribution in [1.82, 2.24) is 20.2 Å². The van der Waals surface area contributed by atoms with Gasteiger partial charge in [-0.15, -0.1) is 0 Å². The summed E-state index contributed by atoms with van der Waals surface area (Å²) in [7, 11) is 0. The van der Waals surface area contributed by atoms with Crippen LogP contribution in [0.2, 0.25) is 0 Å². The summed E-state index contributed by atoms with van der Waals surface area (Å²) < 4.78 is 4.79. The number of aromatic nitrogens is 2. The highest BCUT2D eigenvalue weighted by molar-refractivity contribution is 5.82. The number of rotatable bonds is 5. The second kappa shape index (κ2) is 6.80. The van der Waals surface area contributed by atoms with E-state index in [9.17, 15) is 9.59 Å². The maximum absolute atomic E-state index is 11.9. The summed E-state index contributed by atoms with van der Waals surface area (Å²) in [6.07, 6.45) is 1.92. The molecule has 0 bridgehead atoms. The maximum atomic E-state index is 11.9. The highest BCUT2D eigenvalue weighted by Gasteiger charge is 2.24. The molecule has 0 radical (unpaired) electrons. The molecule has 23 heavy (non-hydrogen) atoms. The summed E-state index contributed by atoms with van der Waals surface area (Å²) in [5.41, 5.74) is 0.884. The third-order valence-electron chi connectivity index (χ3n) is 3.94. The number of carbonyl (C=O) groups is 2. The molecular formula is C15H21N5O3. The Hall–Kier alpha value is -2.38. The van der Waals surface area contributed by atoms with Crippen molar-refractivity contribution in [3.05, 3.63) is 17.6 Å². The number of cyclic esters (lactones) is 1. The Kier molecular flexibility index (Phi) is 4.59. The van der Waals surface area contributed by atoms with Crippen LogP contribution in [-0.4, -0.2) is 59.7 Å². The first kappa shape index (κ1) is 15.5. The lowest BCUT2D eigenvalue weighted by Crippen LogP contribution is -2.37. The summed E-state index contributed by atoms with van der Waals surface area (Å²) in [4.78, 5) is 35.7. The van der Waals surface area contributed by atoms with Crippen LogP contribution in [0.5, 0.6) is 0 Å². The molecule has 0 atom stereocenters. The van der Waals surface area contributed by atoms with Crippen LogP contribution in [0.25, 0.3) is 0 Å². The van der Waals surface area contributed by atoms with Crippen LogP contribution in [0.1, 0.15) is 24.4 Å². The summed E-state index contributed by atoms with van der Waals surface area (Å²) in [6.45, 7) is 5.00. The van der Waals surface area contributed by atoms with Crippen LogP contribution in [-0.2, 0) is 16.1 Å². The van der Waals surface area contributed by atoms with E-state index in [1.54, 1.807) is 0 Å². The van der Waals surface area contributed by atoms with E-state index in [4.69, 9.17) is 4.74 Å². The number of carbonyl (C=O) groups excluding carboxylic acids is 2. The predicted octanol–water partition coefficient (Wildman–Crippen LogP) is 0.454. The van der Waals surface area contributed by atoms with Gasteiger partial charge >= 0.3 is 6.09 Å². The molecule has 2 aliphatic rings. The Labute approximate surface area is 134 Å². The van der Waals surface area contributed by atoms with Gasteiger partial charge in [0.2, 0.25) is 5.91 Å². The third-order valence-corrected chi connectivity index (χ3v) is 3.94. The standard InChI is InChI=1S/C15H21N5O3/c1-11-8-13(19-4-2-3-5-19)18-12(17-11)9-16-14(21)10-20-6-7-23-15(20)22/h8H,2-7,9-10H2,1H3,(H,16,21). The normalized spacial score (nSPS) is 17.5. The second-order valence-corrected chi connectivity index (χ2v) is 5.79. The first-order valence-corrected chi connectivity index (χ1v) is 7.90. The fourth-order valence-electron chi connectivity index (χ4n) is 2.78. The predicted molar refractivity (Wildman–Crippen MR) is 83.0 cm³/mol. The van der Waals surface area contributed by atoms with Crippen LogP contribution in [0.3, 0.4) is 0 Å². The zero-order valence-corrected chi connectivity index (χ0v) is 13.2. The molecule has 0 unspecified atom stereocenters. The number of aryl methyl sites for hydroxylation is 1. The van der Waals surface area contributed by atoms with E-state index in [1.165, 1.54) is 17.7 Å². The zero-order valence-electron chi connectivity index (χ0n) is 13.2. The molecule has 1 aromatic rings. The van der Waals surface area contributed by atoms with Gasteiger partial charge in [-0.2, -0.15) is 0 Å². The minimum Gasteiger partial charge on any atom is -0.448 e. The van der Waals surface area contributed by atoms with Gasteiger partial charge in [-0.05, 0) is 19.8 Å². The molecule has 0 aliphatic carbocycles. The Morgan fingerprint density at radius 1 is 1.30 bits per heavy atom. The average molecular weight is 319 g/mol. The largest absolute Gasteiger partial charge is 0.448 e. The van der Waals surface area contributed by atoms with Gasteiger partial charge in [-0.25, -0.2) is 14.8 Å². The molecule has 0 aromatic carbocycles. The minimum absolute atomic E-state index is 0.00360. The molecule has 0 saturated carbocycles. The van der Waals surface area contributed by atoms with Crippen molar-refractivity contribution in [2.45, 2.75) is 26.3 Å². The quantitative estimate of drug-likeness (QED) is 0.848. The fraction of sp³-hybridized carbons (Fsp3) is 0.600. The molecule has 1 N–H and O–H groups in total. The van der Waals surface area contributed by atoms with E-state index in [-0.39, 0.29) is 19.0 Å². The molecule has 124 valence electrons. The molecule has 1 aromatic heterocycles. The van der Waals surface area contributed by atoms with Gasteiger partial charge in [0.15, 0.2) is 0 Å². The molecule has 3 rings (SSSR count). The van der Waals surface area contributed by atoms with Crippen molar-refractivity contribution in [3.8, 4) is 0 Å². The summed E-state index contributed by atoms with van der Waals surface area (Å²) >= 11 is 0. The number of ether oxygens (including phenoxy) is 1. The van der Waals surface area contributed by atoms with Crippen LogP contribution >= 0.6 is 0 Å². The molecule has 2 saturated heterocycles. The highest BCUT2D eigenvalue weighted by atomic mass is 16.6. The molecule has 8 heteroatoms. The fourth-order valence-corrected chi connectivity index (χ4v) is 2.78. The molecule has 3 heterocycles. The van der Waals surface area contributed by atoms with Crippen LogP contribution in [0, 0.1) is 6.92 Å². The van der Waals surface area contributed by atoms with Gasteiger partial charge in [0.1, 0.15) is 24.8 Å². The summed E-state index contributed by atoms with van der Waals surface area (Å²) in [5, 5.41) is 2.76. The molecule has 0 spiro atoms. The first-order valence-electron chi connectivity index (χ1n) is 7.90. The Bertz CT molecular complexity index is 601. The SMILES string of the molecule is Cc1cc(N2CCCC2)nc(CNC(=O)CN2CCOC2=O)n1. The van der Waals surface area contributed by atoms with E-state index in [1.807, 2.05) is 13.0 Å². The summed E-state index contributed by atoms with van der Waals surface area (Å²) in [5.74, 6) is 1.27. The molecular weight excluding hydrogens is 298 g/mol. The van der Waals surface area contributed by atoms with Gasteiger partial charge < -0.3 is 15.0 Å². The second-order valence-electron chi connectivity index (χ2n) is 5.79. The van der Waals surface area contributed by atoms with Gasteiger partial charge in [0.25, 0.3) is 0 Å². The van der Waals surface area contributed by atoms with E-state index in [2.05, 4.69) is 20.2 Å². The van der Waals surface area contributed by atoms with Crippen molar-refractivity contribution in [3.63, 3.8) is 0 Å². The minimum atomic E-state index is -0.441. The van der Waals surface area contributed by atoms with Crippen molar-refractivity contribution >= 4 is 17.8 Å². The number of nitrogens with zero attached hydrogens (tertiary/aromatic N) is 4. The lowest BCUT2D eigenvalue weighted by Gasteiger charge is -2.17. The first-order chi connectivity index (χ1) is 11.1. The van der Waals surface area contributed by atoms with Gasteiger partial charge in [0, 0.05) is 24.8 Å². The van der Waals surface area contributed by atoms with Crippen molar-refractivity contribution in [2.75, 3.05) is 37.7 Å². The monoisotopic (exact) mass is 319 g/mol. The lowest BCUT2D eigenvalue weighted by molar-refractivity contribution is -0.121. The van der Waals surface area contributed by atoms with Crippen LogP contribution in [0.4, 0.5) is 10.6 Å². The summed E-state index contributed by atoms with van der Waals surface area (Å²) in [6, 6.07) is 1.97. The van der Waals surface area contributed by atoms with Crippen LogP contribution < -0.4 is 10.2 Å². The number of amides is 2.